The predicted octanol–water partition coefficient (Wildman–Crippen LogP) is 4.76. The highest BCUT2D eigenvalue weighted by molar-refractivity contribution is 9.10. The van der Waals surface area contributed by atoms with Crippen LogP contribution < -0.4 is 15.0 Å². The standard InChI is InChI=1S/C25H26BrN3O5/c1-5-7-17-10-16(11-21(33-6-2)23(17)34-14-22(30)31)13-27-29-24(15(3)4)28-20-9-8-18(26)12-19(20)25(29)32/h5,8-13,15H,1,6-7,14H2,2-4H3,(H,30,31). The Bertz CT molecular complexity index is 1310. The van der Waals surface area contributed by atoms with Gasteiger partial charge in [0, 0.05) is 16.0 Å². The van der Waals surface area contributed by atoms with Crippen LogP contribution in [0.15, 0.2) is 57.4 Å². The molecule has 0 saturated heterocycles. The fourth-order valence-electron chi connectivity index (χ4n) is 3.40. The van der Waals surface area contributed by atoms with Gasteiger partial charge in [0.05, 0.1) is 23.7 Å². The van der Waals surface area contributed by atoms with Crippen molar-refractivity contribution >= 4 is 39.0 Å². The molecule has 1 heterocycles. The van der Waals surface area contributed by atoms with E-state index in [1.807, 2.05) is 26.8 Å². The lowest BCUT2D eigenvalue weighted by molar-refractivity contribution is -0.139. The van der Waals surface area contributed by atoms with Gasteiger partial charge in [-0.15, -0.1) is 6.58 Å². The van der Waals surface area contributed by atoms with Gasteiger partial charge in [0.15, 0.2) is 18.1 Å². The number of fused-ring (bicyclic) bond motifs is 1. The maximum atomic E-state index is 13.2. The molecule has 0 saturated carbocycles. The zero-order valence-electron chi connectivity index (χ0n) is 19.2. The Kier molecular flexibility index (Phi) is 8.22. The molecule has 0 unspecified atom stereocenters. The topological polar surface area (TPSA) is 103 Å². The molecule has 2 aromatic carbocycles. The number of aliphatic carboxylic acids is 1. The van der Waals surface area contributed by atoms with Crippen LogP contribution >= 0.6 is 15.9 Å². The Balaban J connectivity index is 2.13. The third-order valence-electron chi connectivity index (χ3n) is 4.83. The molecule has 0 aliphatic heterocycles. The zero-order valence-corrected chi connectivity index (χ0v) is 20.8. The molecule has 34 heavy (non-hydrogen) atoms. The van der Waals surface area contributed by atoms with Crippen molar-refractivity contribution in [3.05, 3.63) is 74.8 Å². The van der Waals surface area contributed by atoms with Crippen LogP contribution in [0, 0.1) is 0 Å². The highest BCUT2D eigenvalue weighted by Crippen LogP contribution is 2.33. The highest BCUT2D eigenvalue weighted by Gasteiger charge is 2.16. The maximum Gasteiger partial charge on any atom is 0.341 e. The Hall–Kier alpha value is -3.46. The minimum Gasteiger partial charge on any atom is -0.490 e. The first kappa shape index (κ1) is 25.2. The lowest BCUT2D eigenvalue weighted by Gasteiger charge is -2.16. The molecule has 0 aliphatic carbocycles. The second-order valence-corrected chi connectivity index (χ2v) is 8.68. The number of hydrogen-bond acceptors (Lipinski definition) is 6. The van der Waals surface area contributed by atoms with E-state index < -0.39 is 12.6 Å². The minimum absolute atomic E-state index is 0.0417. The van der Waals surface area contributed by atoms with Gasteiger partial charge in [0.25, 0.3) is 5.56 Å². The largest absolute Gasteiger partial charge is 0.490 e. The summed E-state index contributed by atoms with van der Waals surface area (Å²) < 4.78 is 13.3. The van der Waals surface area contributed by atoms with Crippen molar-refractivity contribution in [2.75, 3.05) is 13.2 Å². The molecule has 178 valence electrons. The fourth-order valence-corrected chi connectivity index (χ4v) is 3.76. The van der Waals surface area contributed by atoms with Crippen LogP contribution in [0.25, 0.3) is 10.9 Å². The smallest absolute Gasteiger partial charge is 0.341 e. The van der Waals surface area contributed by atoms with Gasteiger partial charge in [-0.1, -0.05) is 35.9 Å². The van der Waals surface area contributed by atoms with Gasteiger partial charge >= 0.3 is 5.97 Å². The molecule has 8 nitrogen and oxygen atoms in total. The number of carboxylic acid groups (broad SMARTS) is 1. The van der Waals surface area contributed by atoms with Crippen LogP contribution in [0.5, 0.6) is 11.5 Å². The molecule has 1 aromatic heterocycles. The van der Waals surface area contributed by atoms with E-state index in [-0.39, 0.29) is 11.5 Å². The number of rotatable bonds is 10. The molecule has 0 spiro atoms. The number of ether oxygens (including phenoxy) is 2. The first-order valence-electron chi connectivity index (χ1n) is 10.8. The monoisotopic (exact) mass is 527 g/mol. The third kappa shape index (κ3) is 5.72. The number of hydrogen-bond donors (Lipinski definition) is 1. The predicted molar refractivity (Wildman–Crippen MR) is 135 cm³/mol. The van der Waals surface area contributed by atoms with E-state index in [1.54, 1.807) is 36.6 Å². The van der Waals surface area contributed by atoms with Gasteiger partial charge in [-0.3, -0.25) is 4.79 Å². The quantitative estimate of drug-likeness (QED) is 0.301. The summed E-state index contributed by atoms with van der Waals surface area (Å²) in [5.74, 6) is 0.141. The molecule has 0 bridgehead atoms. The normalized spacial score (nSPS) is 11.3. The maximum absolute atomic E-state index is 13.2. The number of allylic oxidation sites excluding steroid dienone is 1. The highest BCUT2D eigenvalue weighted by atomic mass is 79.9. The van der Waals surface area contributed by atoms with Crippen molar-refractivity contribution in [1.29, 1.82) is 0 Å². The summed E-state index contributed by atoms with van der Waals surface area (Å²) >= 11 is 3.40. The molecule has 9 heteroatoms. The molecule has 0 radical (unpaired) electrons. The molecule has 3 rings (SSSR count). The fraction of sp³-hybridized carbons (Fsp3) is 0.280. The number of carboxylic acids is 1. The Morgan fingerprint density at radius 1 is 1.29 bits per heavy atom. The van der Waals surface area contributed by atoms with Gasteiger partial charge in [-0.25, -0.2) is 9.78 Å². The van der Waals surface area contributed by atoms with E-state index in [2.05, 4.69) is 32.6 Å². The van der Waals surface area contributed by atoms with Gasteiger partial charge in [0.1, 0.15) is 5.82 Å². The second kappa shape index (κ2) is 11.1. The van der Waals surface area contributed by atoms with E-state index in [0.717, 1.165) is 4.47 Å². The van der Waals surface area contributed by atoms with Crippen molar-refractivity contribution < 1.29 is 19.4 Å². The Morgan fingerprint density at radius 3 is 2.71 bits per heavy atom. The van der Waals surface area contributed by atoms with E-state index in [4.69, 9.17) is 14.6 Å². The number of aromatic nitrogens is 2. The van der Waals surface area contributed by atoms with E-state index in [9.17, 15) is 9.59 Å². The lowest BCUT2D eigenvalue weighted by atomic mass is 10.1. The van der Waals surface area contributed by atoms with Crippen LogP contribution in [-0.2, 0) is 11.2 Å². The first-order valence-corrected chi connectivity index (χ1v) is 11.6. The lowest BCUT2D eigenvalue weighted by Crippen LogP contribution is -2.23. The van der Waals surface area contributed by atoms with Gasteiger partial charge in [-0.05, 0) is 49.2 Å². The number of carbonyl (C=O) groups is 1. The van der Waals surface area contributed by atoms with E-state index in [1.165, 1.54) is 4.68 Å². The molecule has 0 atom stereocenters. The van der Waals surface area contributed by atoms with Crippen molar-refractivity contribution in [3.8, 4) is 11.5 Å². The summed E-state index contributed by atoms with van der Waals surface area (Å²) in [6, 6.07) is 8.87. The van der Waals surface area contributed by atoms with Crippen molar-refractivity contribution in [1.82, 2.24) is 9.66 Å². The summed E-state index contributed by atoms with van der Waals surface area (Å²) in [6.07, 6.45) is 3.67. The molecular formula is C25H26BrN3O5. The van der Waals surface area contributed by atoms with Gasteiger partial charge < -0.3 is 14.6 Å². The van der Waals surface area contributed by atoms with Crippen LogP contribution in [0.1, 0.15) is 43.6 Å². The summed E-state index contributed by atoms with van der Waals surface area (Å²) in [5.41, 5.74) is 1.68. The first-order chi connectivity index (χ1) is 16.2. The Labute approximate surface area is 205 Å². The average molecular weight is 528 g/mol. The number of benzene rings is 2. The zero-order chi connectivity index (χ0) is 24.8. The number of halogens is 1. The molecular weight excluding hydrogens is 502 g/mol. The second-order valence-electron chi connectivity index (χ2n) is 7.76. The van der Waals surface area contributed by atoms with Gasteiger partial charge in [0.2, 0.25) is 0 Å². The SMILES string of the molecule is C=CCc1cc(C=Nn2c(C(C)C)nc3ccc(Br)cc3c2=O)cc(OCC)c1OCC(=O)O. The van der Waals surface area contributed by atoms with E-state index >= 15 is 0 Å². The molecule has 1 N–H and O–H groups in total. The third-order valence-corrected chi connectivity index (χ3v) is 5.32. The molecule has 0 aliphatic rings. The van der Waals surface area contributed by atoms with Gasteiger partial charge in [-0.2, -0.15) is 9.78 Å². The van der Waals surface area contributed by atoms with Crippen LogP contribution in [-0.4, -0.2) is 40.2 Å². The van der Waals surface area contributed by atoms with Crippen LogP contribution in [0.2, 0.25) is 0 Å². The molecule has 0 amide bonds. The summed E-state index contributed by atoms with van der Waals surface area (Å²) in [4.78, 5) is 28.9. The summed E-state index contributed by atoms with van der Waals surface area (Å²) in [7, 11) is 0. The van der Waals surface area contributed by atoms with E-state index in [0.29, 0.717) is 52.4 Å². The van der Waals surface area contributed by atoms with Crippen LogP contribution in [0.4, 0.5) is 0 Å². The van der Waals surface area contributed by atoms with Crippen LogP contribution in [0.3, 0.4) is 0 Å². The van der Waals surface area contributed by atoms with Crippen molar-refractivity contribution in [2.24, 2.45) is 5.10 Å². The van der Waals surface area contributed by atoms with Crippen molar-refractivity contribution in [2.45, 2.75) is 33.1 Å². The molecule has 0 fully saturated rings. The Morgan fingerprint density at radius 2 is 2.06 bits per heavy atom. The minimum atomic E-state index is -1.09. The number of nitrogens with zero attached hydrogens (tertiary/aromatic N) is 3. The summed E-state index contributed by atoms with van der Waals surface area (Å²) in [6.45, 7) is 9.34. The van der Waals surface area contributed by atoms with Crippen molar-refractivity contribution in [3.63, 3.8) is 0 Å². The average Bonchev–Trinajstić information content (AvgIpc) is 2.78. The molecule has 3 aromatic rings. The summed E-state index contributed by atoms with van der Waals surface area (Å²) in [5, 5.41) is 13.9.